The largest absolute Gasteiger partial charge is 0.278 e. The molecule has 0 atom stereocenters. The van der Waals surface area contributed by atoms with E-state index >= 15 is 0 Å². The number of nitrogens with zero attached hydrogens (tertiary/aromatic N) is 1. The summed E-state index contributed by atoms with van der Waals surface area (Å²) in [7, 11) is 0. The van der Waals surface area contributed by atoms with E-state index in [0.29, 0.717) is 23.9 Å². The number of carbonyl (C=O) groups excluding carboxylic acids is 2. The van der Waals surface area contributed by atoms with E-state index in [1.807, 2.05) is 0 Å². The summed E-state index contributed by atoms with van der Waals surface area (Å²) >= 11 is 3.12. The van der Waals surface area contributed by atoms with Gasteiger partial charge in [0.15, 0.2) is 0 Å². The zero-order valence-corrected chi connectivity index (χ0v) is 9.96. The number of hydrogen-bond acceptors (Lipinski definition) is 2. The molecular weight excluding hydrogens is 277 g/mol. The van der Waals surface area contributed by atoms with Gasteiger partial charge >= 0.3 is 0 Å². The molecule has 1 aliphatic rings. The molecule has 16 heavy (non-hydrogen) atoms. The van der Waals surface area contributed by atoms with Crippen molar-refractivity contribution in [1.29, 1.82) is 0 Å². The maximum Gasteiger partial charge on any atom is 0.264 e. The molecule has 84 valence electrons. The Kier molecular flexibility index (Phi) is 3.05. The van der Waals surface area contributed by atoms with Crippen LogP contribution in [-0.2, 0) is 4.79 Å². The molecule has 1 aromatic carbocycles. The van der Waals surface area contributed by atoms with Crippen molar-refractivity contribution in [2.75, 3.05) is 6.54 Å². The van der Waals surface area contributed by atoms with Crippen LogP contribution in [0.5, 0.6) is 0 Å². The molecular formula is C11H9BrFNO2. The van der Waals surface area contributed by atoms with Gasteiger partial charge in [-0.3, -0.25) is 14.5 Å². The number of carbonyl (C=O) groups is 2. The summed E-state index contributed by atoms with van der Waals surface area (Å²) in [5, 5.41) is 0. The predicted molar refractivity (Wildman–Crippen MR) is 59.4 cm³/mol. The first-order chi connectivity index (χ1) is 7.61. The molecule has 1 aliphatic heterocycles. The van der Waals surface area contributed by atoms with Gasteiger partial charge in [0.05, 0.1) is 5.56 Å². The zero-order valence-electron chi connectivity index (χ0n) is 8.37. The fourth-order valence-corrected chi connectivity index (χ4v) is 2.21. The number of rotatable bonds is 1. The molecule has 0 spiro atoms. The van der Waals surface area contributed by atoms with Gasteiger partial charge in [0.2, 0.25) is 5.91 Å². The Morgan fingerprint density at radius 3 is 2.75 bits per heavy atom. The standard InChI is InChI=1S/C11H9BrFNO2/c12-7-3-1-4-8(13)10(7)11(16)14-6-2-5-9(14)15/h1,3-4H,2,5-6H2. The Balaban J connectivity index is 2.37. The third-order valence-electron chi connectivity index (χ3n) is 2.50. The van der Waals surface area contributed by atoms with Crippen LogP contribution in [0.3, 0.4) is 0 Å². The molecule has 2 rings (SSSR count). The van der Waals surface area contributed by atoms with E-state index in [-0.39, 0.29) is 11.5 Å². The zero-order chi connectivity index (χ0) is 11.7. The molecule has 0 unspecified atom stereocenters. The van der Waals surface area contributed by atoms with Crippen molar-refractivity contribution in [3.63, 3.8) is 0 Å². The lowest BCUT2D eigenvalue weighted by Gasteiger charge is -2.14. The van der Waals surface area contributed by atoms with Gasteiger partial charge < -0.3 is 0 Å². The molecule has 5 heteroatoms. The number of likely N-dealkylation sites (tertiary alicyclic amines) is 1. The Labute approximate surface area is 100 Å². The highest BCUT2D eigenvalue weighted by Crippen LogP contribution is 2.23. The number of amides is 2. The van der Waals surface area contributed by atoms with Gasteiger partial charge in [-0.25, -0.2) is 4.39 Å². The van der Waals surface area contributed by atoms with Crippen LogP contribution in [0, 0.1) is 5.82 Å². The van der Waals surface area contributed by atoms with Crippen molar-refractivity contribution in [3.05, 3.63) is 34.1 Å². The summed E-state index contributed by atoms with van der Waals surface area (Å²) < 4.78 is 13.9. The van der Waals surface area contributed by atoms with Crippen molar-refractivity contribution < 1.29 is 14.0 Å². The normalized spacial score (nSPS) is 15.6. The molecule has 1 aromatic rings. The first-order valence-corrected chi connectivity index (χ1v) is 5.69. The van der Waals surface area contributed by atoms with Crippen LogP contribution in [-0.4, -0.2) is 23.3 Å². The molecule has 1 saturated heterocycles. The van der Waals surface area contributed by atoms with Crippen LogP contribution in [0.15, 0.2) is 22.7 Å². The second-order valence-corrected chi connectivity index (χ2v) is 4.41. The number of imide groups is 1. The minimum atomic E-state index is -0.612. The van der Waals surface area contributed by atoms with Crippen LogP contribution < -0.4 is 0 Å². The highest BCUT2D eigenvalue weighted by Gasteiger charge is 2.30. The van der Waals surface area contributed by atoms with E-state index in [9.17, 15) is 14.0 Å². The smallest absolute Gasteiger partial charge is 0.264 e. The van der Waals surface area contributed by atoms with E-state index in [1.165, 1.54) is 12.1 Å². The number of benzene rings is 1. The van der Waals surface area contributed by atoms with Gasteiger partial charge in [-0.1, -0.05) is 6.07 Å². The highest BCUT2D eigenvalue weighted by atomic mass is 79.9. The summed E-state index contributed by atoms with van der Waals surface area (Å²) in [6, 6.07) is 4.29. The van der Waals surface area contributed by atoms with Crippen molar-refractivity contribution in [2.45, 2.75) is 12.8 Å². The number of hydrogen-bond donors (Lipinski definition) is 0. The van der Waals surface area contributed by atoms with Crippen LogP contribution in [0.4, 0.5) is 4.39 Å². The monoisotopic (exact) mass is 285 g/mol. The molecule has 1 fully saturated rings. The molecule has 2 amide bonds. The molecule has 0 saturated carbocycles. The summed E-state index contributed by atoms with van der Waals surface area (Å²) in [4.78, 5) is 24.4. The molecule has 3 nitrogen and oxygen atoms in total. The summed E-state index contributed by atoms with van der Waals surface area (Å²) in [5.74, 6) is -1.41. The highest BCUT2D eigenvalue weighted by molar-refractivity contribution is 9.10. The topological polar surface area (TPSA) is 37.4 Å². The second kappa shape index (κ2) is 4.33. The fourth-order valence-electron chi connectivity index (χ4n) is 1.70. The Morgan fingerprint density at radius 1 is 1.44 bits per heavy atom. The van der Waals surface area contributed by atoms with Crippen LogP contribution in [0.1, 0.15) is 23.2 Å². The van der Waals surface area contributed by atoms with E-state index in [2.05, 4.69) is 15.9 Å². The molecule has 0 radical (unpaired) electrons. The van der Waals surface area contributed by atoms with E-state index in [4.69, 9.17) is 0 Å². The Hall–Kier alpha value is -1.23. The van der Waals surface area contributed by atoms with Gasteiger partial charge in [0.25, 0.3) is 5.91 Å². The molecule has 0 aliphatic carbocycles. The SMILES string of the molecule is O=C1CCCN1C(=O)c1c(F)cccc1Br. The first-order valence-electron chi connectivity index (χ1n) is 4.90. The molecule has 0 aromatic heterocycles. The van der Waals surface area contributed by atoms with Gasteiger partial charge in [0.1, 0.15) is 5.82 Å². The molecule has 0 bridgehead atoms. The Morgan fingerprint density at radius 2 is 2.19 bits per heavy atom. The fraction of sp³-hybridized carbons (Fsp3) is 0.273. The third-order valence-corrected chi connectivity index (χ3v) is 3.16. The van der Waals surface area contributed by atoms with Gasteiger partial charge in [-0.2, -0.15) is 0 Å². The Bertz CT molecular complexity index is 441. The summed E-state index contributed by atoms with van der Waals surface area (Å²) in [6.07, 6.45) is 1.01. The quantitative estimate of drug-likeness (QED) is 0.743. The lowest BCUT2D eigenvalue weighted by molar-refractivity contribution is -0.125. The second-order valence-electron chi connectivity index (χ2n) is 3.55. The average molecular weight is 286 g/mol. The minimum Gasteiger partial charge on any atom is -0.278 e. The maximum absolute atomic E-state index is 13.5. The van der Waals surface area contributed by atoms with Crippen molar-refractivity contribution in [3.8, 4) is 0 Å². The number of halogens is 2. The van der Waals surface area contributed by atoms with Crippen molar-refractivity contribution in [2.24, 2.45) is 0 Å². The maximum atomic E-state index is 13.5. The van der Waals surface area contributed by atoms with E-state index in [1.54, 1.807) is 6.07 Å². The third kappa shape index (κ3) is 1.87. The van der Waals surface area contributed by atoms with Crippen molar-refractivity contribution >= 4 is 27.7 Å². The van der Waals surface area contributed by atoms with Crippen LogP contribution >= 0.6 is 15.9 Å². The van der Waals surface area contributed by atoms with Gasteiger partial charge in [-0.05, 0) is 34.5 Å². The first kappa shape index (κ1) is 11.3. The lowest BCUT2D eigenvalue weighted by atomic mass is 10.2. The molecule has 1 heterocycles. The van der Waals surface area contributed by atoms with Crippen molar-refractivity contribution in [1.82, 2.24) is 4.90 Å². The van der Waals surface area contributed by atoms with Gasteiger partial charge in [0, 0.05) is 17.4 Å². The summed E-state index contributed by atoms with van der Waals surface area (Å²) in [6.45, 7) is 0.373. The van der Waals surface area contributed by atoms with Gasteiger partial charge in [-0.15, -0.1) is 0 Å². The van der Waals surface area contributed by atoms with Crippen LogP contribution in [0.2, 0.25) is 0 Å². The van der Waals surface area contributed by atoms with Crippen LogP contribution in [0.25, 0.3) is 0 Å². The lowest BCUT2D eigenvalue weighted by Crippen LogP contribution is -2.32. The average Bonchev–Trinajstić information content (AvgIpc) is 2.64. The molecule has 0 N–H and O–H groups in total. The van der Waals surface area contributed by atoms with E-state index in [0.717, 1.165) is 4.90 Å². The minimum absolute atomic E-state index is 0.0715. The summed E-state index contributed by atoms with van der Waals surface area (Å²) in [5.41, 5.74) is -0.0715. The van der Waals surface area contributed by atoms with E-state index < -0.39 is 11.7 Å². The predicted octanol–water partition coefficient (Wildman–Crippen LogP) is 2.35.